The molecule has 6 aliphatic carbocycles. The van der Waals surface area contributed by atoms with Crippen LogP contribution in [-0.4, -0.2) is 0 Å². The van der Waals surface area contributed by atoms with Crippen LogP contribution in [0.2, 0.25) is 0 Å². The Kier molecular flexibility index (Phi) is 10.1. The van der Waals surface area contributed by atoms with Crippen LogP contribution in [0.25, 0.3) is 0 Å². The van der Waals surface area contributed by atoms with E-state index in [9.17, 15) is 0 Å². The normalized spacial score (nSPS) is 41.5. The van der Waals surface area contributed by atoms with Crippen molar-refractivity contribution in [2.45, 2.75) is 12.8 Å². The molecule has 8 unspecified atom stereocenters. The molecule has 0 saturated heterocycles. The molecule has 0 amide bonds. The van der Waals surface area contributed by atoms with E-state index in [0.29, 0.717) is 23.7 Å². The first-order valence-electron chi connectivity index (χ1n) is 11.7. The van der Waals surface area contributed by atoms with Gasteiger partial charge in [0.05, 0.1) is 0 Å². The van der Waals surface area contributed by atoms with Gasteiger partial charge in [-0.15, -0.1) is 0 Å². The Morgan fingerprint density at radius 3 is 0.788 bits per heavy atom. The fraction of sp³-hybridized carbons (Fsp3) is 0.400. The van der Waals surface area contributed by atoms with Crippen LogP contribution in [0.15, 0.2) is 97.2 Å². The van der Waals surface area contributed by atoms with Crippen LogP contribution in [-0.2, 0) is 20.8 Å². The van der Waals surface area contributed by atoms with Crippen LogP contribution >= 0.6 is 17.0 Å². The molecule has 0 aliphatic heterocycles. The summed E-state index contributed by atoms with van der Waals surface area (Å²) in [7, 11) is 9.87. The standard InChI is InChI=1S/C28H30.2CH3.2ClH.Zr/c1-5-13-23-19(9-1)20-10-2-6-14-24(20)27(23)17-18-28-25-15-7-3-11-21(25)22-12-4-8-16-26(22)28;;;;;/h1-16,19-28H,17-18H2;2*1H3;2*1H;/q;2*-1;;;+4/p-2. The number of allylic oxidation sites excluding steroid dienone is 16. The Hall–Kier alpha value is -0.617. The van der Waals surface area contributed by atoms with Crippen LogP contribution in [0.1, 0.15) is 12.8 Å². The van der Waals surface area contributed by atoms with Gasteiger partial charge in [0.25, 0.3) is 0 Å². The van der Waals surface area contributed by atoms with Crippen LogP contribution < -0.4 is 0 Å². The van der Waals surface area contributed by atoms with Crippen molar-refractivity contribution in [3.05, 3.63) is 112 Å². The predicted molar refractivity (Wildman–Crippen MR) is 142 cm³/mol. The molecule has 0 aromatic heterocycles. The third-order valence-electron chi connectivity index (χ3n) is 8.59. The van der Waals surface area contributed by atoms with E-state index in [1.54, 1.807) is 0 Å². The summed E-state index contributed by atoms with van der Waals surface area (Å²) in [5.41, 5.74) is 0. The van der Waals surface area contributed by atoms with Gasteiger partial charge in [-0.2, -0.15) is 0 Å². The second-order valence-corrected chi connectivity index (χ2v) is 13.4. The summed E-state index contributed by atoms with van der Waals surface area (Å²) in [6.45, 7) is 0. The molecule has 0 spiro atoms. The molecule has 0 nitrogen and oxygen atoms in total. The molecule has 0 bridgehead atoms. The van der Waals surface area contributed by atoms with Gasteiger partial charge in [0, 0.05) is 0 Å². The van der Waals surface area contributed by atoms with E-state index in [0.717, 1.165) is 35.5 Å². The molecular formula is C30H36Cl2Zr. The van der Waals surface area contributed by atoms with Gasteiger partial charge in [-0.25, -0.2) is 0 Å². The van der Waals surface area contributed by atoms with Crippen molar-refractivity contribution in [2.75, 3.05) is 0 Å². The number of hydrogen-bond donors (Lipinski definition) is 0. The molecule has 0 aromatic rings. The summed E-state index contributed by atoms with van der Waals surface area (Å²) >= 11 is -0.826. The third-order valence-corrected chi connectivity index (χ3v) is 8.59. The Morgan fingerprint density at radius 1 is 0.394 bits per heavy atom. The summed E-state index contributed by atoms with van der Waals surface area (Å²) in [6, 6.07) is 0. The zero-order chi connectivity index (χ0) is 21.2. The van der Waals surface area contributed by atoms with Crippen molar-refractivity contribution in [3.63, 3.8) is 0 Å². The monoisotopic (exact) mass is 556 g/mol. The average Bonchev–Trinajstić information content (AvgIpc) is 3.31. The van der Waals surface area contributed by atoms with Crippen LogP contribution in [0.3, 0.4) is 0 Å². The van der Waals surface area contributed by atoms with Gasteiger partial charge >= 0.3 is 37.9 Å². The summed E-state index contributed by atoms with van der Waals surface area (Å²) in [4.78, 5) is 0. The van der Waals surface area contributed by atoms with Gasteiger partial charge in [0.1, 0.15) is 0 Å². The summed E-state index contributed by atoms with van der Waals surface area (Å²) in [5.74, 6) is 7.32. The van der Waals surface area contributed by atoms with Crippen LogP contribution in [0.5, 0.6) is 0 Å². The Bertz CT molecular complexity index is 749. The molecule has 0 aromatic carbocycles. The molecule has 3 heteroatoms. The zero-order valence-corrected chi connectivity index (χ0v) is 23.7. The molecule has 6 rings (SSSR count). The molecule has 0 heterocycles. The summed E-state index contributed by atoms with van der Waals surface area (Å²) in [5, 5.41) is 0. The van der Waals surface area contributed by atoms with Gasteiger partial charge in [-0.3, -0.25) is 0 Å². The maximum absolute atomic E-state index is 4.93. The van der Waals surface area contributed by atoms with E-state index in [1.807, 2.05) is 0 Å². The van der Waals surface area contributed by atoms with Crippen LogP contribution in [0.4, 0.5) is 0 Å². The SMILES string of the molecule is C1=CC2C3C=CC=CC3C(CCC3C4C=CC=CC4C4C=CC=CC43)C2C=C1.[CH3-].[CH3-].[Cl][Zr+2][Cl]. The Labute approximate surface area is 220 Å². The van der Waals surface area contributed by atoms with Crippen molar-refractivity contribution in [2.24, 2.45) is 59.2 Å². The molecule has 2 fully saturated rings. The molecule has 174 valence electrons. The maximum atomic E-state index is 4.93. The molecular weight excluding hydrogens is 522 g/mol. The van der Waals surface area contributed by atoms with Gasteiger partial charge < -0.3 is 14.9 Å². The number of fused-ring (bicyclic) bond motifs is 6. The predicted octanol–water partition coefficient (Wildman–Crippen LogP) is 8.74. The van der Waals surface area contributed by atoms with E-state index in [4.69, 9.17) is 17.0 Å². The van der Waals surface area contributed by atoms with Crippen LogP contribution in [0, 0.1) is 74.0 Å². The van der Waals surface area contributed by atoms with Crippen molar-refractivity contribution >= 4 is 17.0 Å². The number of hydrogen-bond acceptors (Lipinski definition) is 0. The van der Waals surface area contributed by atoms with Crippen molar-refractivity contribution in [1.82, 2.24) is 0 Å². The molecule has 8 atom stereocenters. The summed E-state index contributed by atoms with van der Waals surface area (Å²) in [6.07, 6.45) is 41.0. The Balaban J connectivity index is 0.000000583. The fourth-order valence-corrected chi connectivity index (χ4v) is 7.49. The van der Waals surface area contributed by atoms with E-state index >= 15 is 0 Å². The molecule has 6 aliphatic rings. The minimum atomic E-state index is -0.826. The van der Waals surface area contributed by atoms with Gasteiger partial charge in [0.2, 0.25) is 0 Å². The molecule has 33 heavy (non-hydrogen) atoms. The topological polar surface area (TPSA) is 0 Å². The van der Waals surface area contributed by atoms with Crippen molar-refractivity contribution < 1.29 is 20.8 Å². The zero-order valence-electron chi connectivity index (χ0n) is 19.7. The average molecular weight is 559 g/mol. The molecule has 2 saturated carbocycles. The van der Waals surface area contributed by atoms with E-state index in [1.165, 1.54) is 12.8 Å². The van der Waals surface area contributed by atoms with E-state index in [-0.39, 0.29) is 14.9 Å². The Morgan fingerprint density at radius 2 is 0.576 bits per heavy atom. The second kappa shape index (κ2) is 12.4. The first-order valence-corrected chi connectivity index (χ1v) is 18.0. The molecule has 0 radical (unpaired) electrons. The second-order valence-electron chi connectivity index (χ2n) is 9.67. The third kappa shape index (κ3) is 5.17. The number of halogens is 2. The summed E-state index contributed by atoms with van der Waals surface area (Å²) < 4.78 is 0. The van der Waals surface area contributed by atoms with Gasteiger partial charge in [-0.1, -0.05) is 97.2 Å². The quantitative estimate of drug-likeness (QED) is 0.304. The van der Waals surface area contributed by atoms with Gasteiger partial charge in [0.15, 0.2) is 0 Å². The first-order chi connectivity index (χ1) is 15.3. The molecule has 0 N–H and O–H groups in total. The van der Waals surface area contributed by atoms with Crippen molar-refractivity contribution in [1.29, 1.82) is 0 Å². The fourth-order valence-electron chi connectivity index (χ4n) is 7.49. The first kappa shape index (κ1) is 27.0. The van der Waals surface area contributed by atoms with E-state index in [2.05, 4.69) is 97.2 Å². The van der Waals surface area contributed by atoms with E-state index < -0.39 is 20.8 Å². The minimum absolute atomic E-state index is 0. The van der Waals surface area contributed by atoms with Crippen molar-refractivity contribution in [3.8, 4) is 0 Å². The van der Waals surface area contributed by atoms with Gasteiger partial charge in [-0.05, 0) is 72.0 Å². The number of rotatable bonds is 3.